The van der Waals surface area contributed by atoms with Gasteiger partial charge >= 0.3 is 0 Å². The zero-order valence-electron chi connectivity index (χ0n) is 15.0. The van der Waals surface area contributed by atoms with E-state index in [1.165, 1.54) is 0 Å². The van der Waals surface area contributed by atoms with E-state index in [4.69, 9.17) is 4.74 Å². The van der Waals surface area contributed by atoms with Crippen LogP contribution in [0.2, 0.25) is 0 Å². The van der Waals surface area contributed by atoms with Gasteiger partial charge in [-0.25, -0.2) is 8.42 Å². The van der Waals surface area contributed by atoms with Gasteiger partial charge in [-0.05, 0) is 24.6 Å². The summed E-state index contributed by atoms with van der Waals surface area (Å²) < 4.78 is 30.9. The van der Waals surface area contributed by atoms with Gasteiger partial charge in [0.2, 0.25) is 15.9 Å². The summed E-state index contributed by atoms with van der Waals surface area (Å²) in [6.07, 6.45) is 1.09. The molecule has 0 saturated carbocycles. The second kappa shape index (κ2) is 9.35. The van der Waals surface area contributed by atoms with Crippen molar-refractivity contribution in [3.63, 3.8) is 0 Å². The Labute approximate surface area is 154 Å². The highest BCUT2D eigenvalue weighted by Crippen LogP contribution is 2.20. The Kier molecular flexibility index (Phi) is 7.17. The summed E-state index contributed by atoms with van der Waals surface area (Å²) in [5.41, 5.74) is 1.51. The highest BCUT2D eigenvalue weighted by molar-refractivity contribution is 7.92. The second-order valence-corrected chi connectivity index (χ2v) is 7.76. The van der Waals surface area contributed by atoms with Gasteiger partial charge in [-0.3, -0.25) is 9.10 Å². The molecule has 0 aliphatic heterocycles. The summed E-state index contributed by atoms with van der Waals surface area (Å²) in [5, 5.41) is 2.72. The van der Waals surface area contributed by atoms with Crippen molar-refractivity contribution in [3.05, 3.63) is 66.2 Å². The third-order valence-electron chi connectivity index (χ3n) is 3.76. The number of benzene rings is 2. The van der Waals surface area contributed by atoms with E-state index >= 15 is 0 Å². The molecule has 0 heterocycles. The zero-order chi connectivity index (χ0) is 19.0. The van der Waals surface area contributed by atoms with E-state index in [1.54, 1.807) is 37.3 Å². The smallest absolute Gasteiger partial charge is 0.243 e. The third-order valence-corrected chi connectivity index (χ3v) is 5.00. The fourth-order valence-electron chi connectivity index (χ4n) is 2.54. The first-order valence-electron chi connectivity index (χ1n) is 8.33. The first kappa shape index (κ1) is 19.9. The molecule has 0 fully saturated rings. The number of ether oxygens (including phenoxy) is 1. The standard InChI is InChI=1S/C19H24N2O4S/c1-16(21(26(2,23)24)18-11-7-4-8-12-18)19(22)20-13-14-25-15-17-9-5-3-6-10-17/h3-12,16H,13-15H2,1-2H3,(H,20,22)/t16-/m1/s1. The van der Waals surface area contributed by atoms with Crippen LogP contribution in [0.4, 0.5) is 5.69 Å². The molecule has 140 valence electrons. The topological polar surface area (TPSA) is 75.7 Å². The van der Waals surface area contributed by atoms with Gasteiger partial charge in [-0.15, -0.1) is 0 Å². The number of carbonyl (C=O) groups excluding carboxylic acids is 1. The molecule has 0 aliphatic rings. The minimum Gasteiger partial charge on any atom is -0.375 e. The average Bonchev–Trinajstić information content (AvgIpc) is 2.62. The highest BCUT2D eigenvalue weighted by atomic mass is 32.2. The summed E-state index contributed by atoms with van der Waals surface area (Å²) in [6, 6.07) is 17.4. The molecule has 0 aliphatic carbocycles. The summed E-state index contributed by atoms with van der Waals surface area (Å²) >= 11 is 0. The first-order chi connectivity index (χ1) is 12.4. The van der Waals surface area contributed by atoms with Gasteiger partial charge in [0.1, 0.15) is 6.04 Å². The van der Waals surface area contributed by atoms with Crippen LogP contribution in [0.25, 0.3) is 0 Å². The largest absolute Gasteiger partial charge is 0.375 e. The van der Waals surface area contributed by atoms with Crippen molar-refractivity contribution in [2.24, 2.45) is 0 Å². The molecule has 1 N–H and O–H groups in total. The number of para-hydroxylation sites is 1. The van der Waals surface area contributed by atoms with E-state index < -0.39 is 16.1 Å². The number of amides is 1. The number of hydrogen-bond donors (Lipinski definition) is 1. The summed E-state index contributed by atoms with van der Waals surface area (Å²) in [7, 11) is -3.59. The Balaban J connectivity index is 1.87. The highest BCUT2D eigenvalue weighted by Gasteiger charge is 2.28. The molecular formula is C19H24N2O4S. The molecule has 0 bridgehead atoms. The number of carbonyl (C=O) groups is 1. The Morgan fingerprint density at radius 1 is 1.08 bits per heavy atom. The summed E-state index contributed by atoms with van der Waals surface area (Å²) in [4.78, 5) is 12.4. The van der Waals surface area contributed by atoms with Crippen LogP contribution in [-0.4, -0.2) is 39.8 Å². The molecule has 7 heteroatoms. The van der Waals surface area contributed by atoms with Crippen LogP contribution >= 0.6 is 0 Å². The van der Waals surface area contributed by atoms with E-state index in [9.17, 15) is 13.2 Å². The van der Waals surface area contributed by atoms with E-state index in [-0.39, 0.29) is 5.91 Å². The van der Waals surface area contributed by atoms with Crippen LogP contribution in [0.3, 0.4) is 0 Å². The third kappa shape index (κ3) is 5.86. The van der Waals surface area contributed by atoms with E-state index in [2.05, 4.69) is 5.32 Å². The van der Waals surface area contributed by atoms with Crippen molar-refractivity contribution in [2.75, 3.05) is 23.7 Å². The zero-order valence-corrected chi connectivity index (χ0v) is 15.8. The number of nitrogens with one attached hydrogen (secondary N) is 1. The number of sulfonamides is 1. The predicted octanol–water partition coefficient (Wildman–Crippen LogP) is 2.17. The summed E-state index contributed by atoms with van der Waals surface area (Å²) in [6.45, 7) is 2.68. The van der Waals surface area contributed by atoms with Gasteiger partial charge in [-0.1, -0.05) is 48.5 Å². The van der Waals surface area contributed by atoms with Crippen LogP contribution in [-0.2, 0) is 26.2 Å². The second-order valence-electron chi connectivity index (χ2n) is 5.90. The fraction of sp³-hybridized carbons (Fsp3) is 0.316. The molecule has 6 nitrogen and oxygen atoms in total. The van der Waals surface area contributed by atoms with Gasteiger partial charge in [0.25, 0.3) is 0 Å². The van der Waals surface area contributed by atoms with Crippen LogP contribution in [0, 0.1) is 0 Å². The monoisotopic (exact) mass is 376 g/mol. The molecule has 0 aromatic heterocycles. The van der Waals surface area contributed by atoms with E-state index in [0.29, 0.717) is 25.4 Å². The lowest BCUT2D eigenvalue weighted by Crippen LogP contribution is -2.48. The number of anilines is 1. The van der Waals surface area contributed by atoms with Crippen molar-refractivity contribution >= 4 is 21.6 Å². The number of hydrogen-bond acceptors (Lipinski definition) is 4. The first-order valence-corrected chi connectivity index (χ1v) is 10.2. The fourth-order valence-corrected chi connectivity index (χ4v) is 3.72. The molecule has 2 aromatic rings. The van der Waals surface area contributed by atoms with Gasteiger partial charge in [0, 0.05) is 6.54 Å². The van der Waals surface area contributed by atoms with Crippen LogP contribution in [0.15, 0.2) is 60.7 Å². The summed E-state index contributed by atoms with van der Waals surface area (Å²) in [5.74, 6) is -0.373. The molecule has 0 unspecified atom stereocenters. The van der Waals surface area contributed by atoms with Crippen molar-refractivity contribution in [3.8, 4) is 0 Å². The Hall–Kier alpha value is -2.38. The van der Waals surface area contributed by atoms with Gasteiger partial charge < -0.3 is 10.1 Å². The molecular weight excluding hydrogens is 352 g/mol. The minimum absolute atomic E-state index is 0.308. The maximum Gasteiger partial charge on any atom is 0.243 e. The van der Waals surface area contributed by atoms with Crippen molar-refractivity contribution in [1.82, 2.24) is 5.32 Å². The van der Waals surface area contributed by atoms with Gasteiger partial charge in [0.15, 0.2) is 0 Å². The molecule has 0 spiro atoms. The Morgan fingerprint density at radius 2 is 1.65 bits per heavy atom. The maximum atomic E-state index is 12.4. The quantitative estimate of drug-likeness (QED) is 0.681. The van der Waals surface area contributed by atoms with E-state index in [1.807, 2.05) is 30.3 Å². The molecule has 1 atom stereocenters. The lowest BCUT2D eigenvalue weighted by atomic mass is 10.2. The molecule has 2 rings (SSSR count). The molecule has 0 saturated heterocycles. The number of nitrogens with zero attached hydrogens (tertiary/aromatic N) is 1. The average molecular weight is 376 g/mol. The van der Waals surface area contributed by atoms with Crippen molar-refractivity contribution in [1.29, 1.82) is 0 Å². The maximum absolute atomic E-state index is 12.4. The van der Waals surface area contributed by atoms with E-state index in [0.717, 1.165) is 16.1 Å². The lowest BCUT2D eigenvalue weighted by molar-refractivity contribution is -0.122. The normalized spacial score (nSPS) is 12.4. The van der Waals surface area contributed by atoms with Crippen molar-refractivity contribution in [2.45, 2.75) is 19.6 Å². The SMILES string of the molecule is C[C@H](C(=O)NCCOCc1ccccc1)N(c1ccccc1)S(C)(=O)=O. The van der Waals surface area contributed by atoms with Crippen molar-refractivity contribution < 1.29 is 17.9 Å². The molecule has 2 aromatic carbocycles. The minimum atomic E-state index is -3.59. The Bertz CT molecular complexity index is 795. The lowest BCUT2D eigenvalue weighted by Gasteiger charge is -2.28. The van der Waals surface area contributed by atoms with Gasteiger partial charge in [-0.2, -0.15) is 0 Å². The van der Waals surface area contributed by atoms with Crippen LogP contribution < -0.4 is 9.62 Å². The number of rotatable bonds is 9. The molecule has 26 heavy (non-hydrogen) atoms. The molecule has 0 radical (unpaired) electrons. The van der Waals surface area contributed by atoms with Gasteiger partial charge in [0.05, 0.1) is 25.2 Å². The van der Waals surface area contributed by atoms with Crippen LogP contribution in [0.5, 0.6) is 0 Å². The predicted molar refractivity (Wildman–Crippen MR) is 102 cm³/mol. The van der Waals surface area contributed by atoms with Crippen LogP contribution in [0.1, 0.15) is 12.5 Å². The molecule has 1 amide bonds. The Morgan fingerprint density at radius 3 is 2.23 bits per heavy atom.